The zero-order chi connectivity index (χ0) is 20.0. The molecule has 4 rings (SSSR count). The van der Waals surface area contributed by atoms with Crippen LogP contribution in [0.25, 0.3) is 11.1 Å². The van der Waals surface area contributed by atoms with E-state index >= 15 is 0 Å². The van der Waals surface area contributed by atoms with Crippen LogP contribution in [0, 0.1) is 5.92 Å². The summed E-state index contributed by atoms with van der Waals surface area (Å²) in [6, 6.07) is 20.2. The maximum absolute atomic E-state index is 2.59. The molecule has 2 aliphatic carbocycles. The molecule has 2 atom stereocenters. The molecule has 30 heavy (non-hydrogen) atoms. The summed E-state index contributed by atoms with van der Waals surface area (Å²) in [5.74, 6) is 0.602. The molecule has 0 amide bonds. The quantitative estimate of drug-likeness (QED) is 0.525. The Morgan fingerprint density at radius 3 is 2.03 bits per heavy atom. The molecular weight excluding hydrogens is 503 g/mol. The number of allylic oxidation sites excluding steroid dienone is 6. The minimum absolute atomic E-state index is 0. The average molecular weight is 533 g/mol. The molecule has 0 saturated carbocycles. The molecule has 0 aromatic heterocycles. The van der Waals surface area contributed by atoms with Gasteiger partial charge in [0.2, 0.25) is 0 Å². The minimum Gasteiger partial charge on any atom is -1.00 e. The van der Waals surface area contributed by atoms with Crippen molar-refractivity contribution in [2.75, 3.05) is 0 Å². The van der Waals surface area contributed by atoms with Gasteiger partial charge in [-0.25, -0.2) is 0 Å². The SMILES string of the molecule is CC1=[C]([Zr+2]([CH]2C(C)=C(C)c3ccccc32)=[Si](C)C)C(C)C=C1c1ccccc1.[Cl-].[Cl-]. The molecule has 0 N–H and O–H groups in total. The van der Waals surface area contributed by atoms with Crippen LogP contribution in [0.2, 0.25) is 13.1 Å². The molecule has 0 radical (unpaired) electrons. The predicted molar refractivity (Wildman–Crippen MR) is 121 cm³/mol. The molecule has 0 saturated heterocycles. The Hall–Kier alpha value is -0.660. The van der Waals surface area contributed by atoms with Gasteiger partial charge in [0.05, 0.1) is 0 Å². The van der Waals surface area contributed by atoms with Crippen molar-refractivity contribution in [1.29, 1.82) is 0 Å². The molecule has 0 aliphatic heterocycles. The summed E-state index contributed by atoms with van der Waals surface area (Å²) in [5.41, 5.74) is 10.5. The second-order valence-electron chi connectivity index (χ2n) is 8.52. The fourth-order valence-electron chi connectivity index (χ4n) is 5.16. The van der Waals surface area contributed by atoms with Crippen molar-refractivity contribution in [3.8, 4) is 0 Å². The van der Waals surface area contributed by atoms with Gasteiger partial charge in [-0.15, -0.1) is 0 Å². The third-order valence-corrected chi connectivity index (χ3v) is 25.6. The molecule has 2 aliphatic rings. The molecule has 2 unspecified atom stereocenters. The van der Waals surface area contributed by atoms with Crippen molar-refractivity contribution in [2.45, 2.75) is 44.4 Å². The Bertz CT molecular complexity index is 1070. The molecule has 156 valence electrons. The monoisotopic (exact) mass is 530 g/mol. The van der Waals surface area contributed by atoms with Crippen LogP contribution < -0.4 is 24.8 Å². The van der Waals surface area contributed by atoms with E-state index in [0.29, 0.717) is 5.92 Å². The maximum Gasteiger partial charge on any atom is -1.00 e. The van der Waals surface area contributed by atoms with Gasteiger partial charge in [0.25, 0.3) is 0 Å². The van der Waals surface area contributed by atoms with E-state index in [0.717, 1.165) is 3.63 Å². The first kappa shape index (κ1) is 25.6. The Kier molecular flexibility index (Phi) is 8.79. The third-order valence-electron chi connectivity index (χ3n) is 6.58. The number of hydrogen-bond acceptors (Lipinski definition) is 0. The minimum atomic E-state index is -1.90. The predicted octanol–water partition coefficient (Wildman–Crippen LogP) is 1.42. The second kappa shape index (κ2) is 10.3. The number of hydrogen-bond donors (Lipinski definition) is 0. The van der Waals surface area contributed by atoms with Gasteiger partial charge in [-0.1, -0.05) is 0 Å². The fourth-order valence-corrected chi connectivity index (χ4v) is 25.6. The van der Waals surface area contributed by atoms with Gasteiger partial charge in [0.1, 0.15) is 0 Å². The summed E-state index contributed by atoms with van der Waals surface area (Å²) in [5, 5.41) is 0. The number of fused-ring (bicyclic) bond motifs is 1. The summed E-state index contributed by atoms with van der Waals surface area (Å²) in [6.07, 6.45) is 2.55. The number of benzene rings is 2. The van der Waals surface area contributed by atoms with Gasteiger partial charge in [-0.3, -0.25) is 0 Å². The molecule has 0 fully saturated rings. The van der Waals surface area contributed by atoms with Crippen molar-refractivity contribution in [3.63, 3.8) is 0 Å². The van der Waals surface area contributed by atoms with Crippen molar-refractivity contribution >= 4 is 16.6 Å². The summed E-state index contributed by atoms with van der Waals surface area (Å²) in [6.45, 7) is 14.8. The van der Waals surface area contributed by atoms with E-state index in [1.54, 1.807) is 22.3 Å². The summed E-state index contributed by atoms with van der Waals surface area (Å²) in [7, 11) is 0. The van der Waals surface area contributed by atoms with Crippen LogP contribution in [0.5, 0.6) is 0 Å². The summed E-state index contributed by atoms with van der Waals surface area (Å²) < 4.78 is 2.62. The van der Waals surface area contributed by atoms with Gasteiger partial charge in [0.15, 0.2) is 0 Å². The molecular formula is C26H30Cl2SiZr. The molecule has 2 aromatic carbocycles. The van der Waals surface area contributed by atoms with Gasteiger partial charge in [0, 0.05) is 0 Å². The molecule has 2 aromatic rings. The van der Waals surface area contributed by atoms with Crippen molar-refractivity contribution in [1.82, 2.24) is 0 Å². The second-order valence-corrected chi connectivity index (χ2v) is 25.9. The van der Waals surface area contributed by atoms with E-state index < -0.39 is 20.4 Å². The third kappa shape index (κ3) is 4.31. The maximum atomic E-state index is 2.59. The van der Waals surface area contributed by atoms with E-state index in [9.17, 15) is 0 Å². The molecule has 0 nitrogen and oxygen atoms in total. The Morgan fingerprint density at radius 1 is 0.800 bits per heavy atom. The first-order valence-corrected chi connectivity index (χ1v) is 19.2. The molecule has 4 heteroatoms. The average Bonchev–Trinajstić information content (AvgIpc) is 3.12. The summed E-state index contributed by atoms with van der Waals surface area (Å²) >= 11 is -1.90. The van der Waals surface area contributed by atoms with Crippen LogP contribution in [0.1, 0.15) is 48.0 Å². The van der Waals surface area contributed by atoms with E-state index in [1.165, 1.54) is 16.7 Å². The number of halogens is 2. The van der Waals surface area contributed by atoms with Gasteiger partial charge in [-0.05, 0) is 0 Å². The van der Waals surface area contributed by atoms with E-state index in [2.05, 4.69) is 101 Å². The van der Waals surface area contributed by atoms with Crippen LogP contribution in [0.4, 0.5) is 0 Å². The first-order chi connectivity index (χ1) is 13.4. The van der Waals surface area contributed by atoms with Gasteiger partial charge >= 0.3 is 179 Å². The van der Waals surface area contributed by atoms with Crippen LogP contribution in [-0.4, -0.2) is 5.43 Å². The Labute approximate surface area is 202 Å². The van der Waals surface area contributed by atoms with Crippen LogP contribution in [-0.2, 0) is 20.4 Å². The van der Waals surface area contributed by atoms with E-state index in [-0.39, 0.29) is 30.2 Å². The van der Waals surface area contributed by atoms with Crippen LogP contribution >= 0.6 is 0 Å². The van der Waals surface area contributed by atoms with Gasteiger partial charge in [-0.2, -0.15) is 0 Å². The molecule has 0 bridgehead atoms. The van der Waals surface area contributed by atoms with E-state index in [4.69, 9.17) is 0 Å². The van der Waals surface area contributed by atoms with Crippen LogP contribution in [0.3, 0.4) is 0 Å². The zero-order valence-electron chi connectivity index (χ0n) is 18.7. The first-order valence-electron chi connectivity index (χ1n) is 10.3. The standard InChI is InChI=1S/C13H13.C11H11.C2H6Si.2ClH.Zr/c1-10-8-11(2)13(9-10)12-6-4-3-5-7-12;1-8-7-10-5-3-4-6-11(10)9(8)2;1-3-2;;;/h3-7,9-10H,1-2H3;3-7H,1-2H3;1-2H3;2*1H;/q;;;;;+2/p-2. The zero-order valence-corrected chi connectivity index (χ0v) is 23.7. The molecule has 0 heterocycles. The van der Waals surface area contributed by atoms with Gasteiger partial charge < -0.3 is 24.8 Å². The largest absolute Gasteiger partial charge is 1.00 e. The van der Waals surface area contributed by atoms with Crippen molar-refractivity contribution in [2.24, 2.45) is 5.92 Å². The topological polar surface area (TPSA) is 0 Å². The summed E-state index contributed by atoms with van der Waals surface area (Å²) in [4.78, 5) is 0. The van der Waals surface area contributed by atoms with Crippen LogP contribution in [0.15, 0.2) is 75.1 Å². The number of rotatable bonds is 3. The Balaban J connectivity index is 0.00000160. The Morgan fingerprint density at radius 2 is 1.40 bits per heavy atom. The normalized spacial score (nSPS) is 19.4. The van der Waals surface area contributed by atoms with Crippen molar-refractivity contribution in [3.05, 3.63) is 91.8 Å². The molecule has 0 spiro atoms. The fraction of sp³-hybridized carbons (Fsp3) is 0.308. The smallest absolute Gasteiger partial charge is 1.00 e. The van der Waals surface area contributed by atoms with Crippen molar-refractivity contribution < 1.29 is 45.2 Å². The van der Waals surface area contributed by atoms with E-state index in [1.807, 2.05) is 3.28 Å².